The number of rotatable bonds is 3. The molecule has 0 aromatic heterocycles. The van der Waals surface area contributed by atoms with Crippen LogP contribution in [0, 0.1) is 6.92 Å². The van der Waals surface area contributed by atoms with Gasteiger partial charge in [-0.3, -0.25) is 4.79 Å². The van der Waals surface area contributed by atoms with Crippen molar-refractivity contribution in [2.24, 2.45) is 0 Å². The number of carbonyl (C=O) groups is 1. The minimum atomic E-state index is 0.0772. The first-order chi connectivity index (χ1) is 11.2. The predicted octanol–water partition coefficient (Wildman–Crippen LogP) is 2.97. The number of amides is 1. The topological polar surface area (TPSA) is 32.8 Å². The van der Waals surface area contributed by atoms with Crippen LogP contribution in [-0.4, -0.2) is 44.1 Å². The zero-order valence-electron chi connectivity index (χ0n) is 13.7. The Kier molecular flexibility index (Phi) is 4.51. The van der Waals surface area contributed by atoms with Crippen molar-refractivity contribution >= 4 is 11.6 Å². The van der Waals surface area contributed by atoms with Crippen molar-refractivity contribution in [1.29, 1.82) is 0 Å². The first-order valence-electron chi connectivity index (χ1n) is 7.93. The first-order valence-corrected chi connectivity index (χ1v) is 7.93. The summed E-state index contributed by atoms with van der Waals surface area (Å²) in [6.45, 7) is 5.33. The van der Waals surface area contributed by atoms with Gasteiger partial charge < -0.3 is 14.5 Å². The molecule has 1 aliphatic rings. The van der Waals surface area contributed by atoms with Gasteiger partial charge in [-0.15, -0.1) is 0 Å². The van der Waals surface area contributed by atoms with Crippen LogP contribution in [0.3, 0.4) is 0 Å². The van der Waals surface area contributed by atoms with E-state index in [0.29, 0.717) is 5.56 Å². The molecule has 0 atom stereocenters. The number of hydrogen-bond donors (Lipinski definition) is 0. The molecule has 23 heavy (non-hydrogen) atoms. The van der Waals surface area contributed by atoms with Crippen molar-refractivity contribution in [3.8, 4) is 5.75 Å². The molecule has 0 radical (unpaired) electrons. The third-order valence-electron chi connectivity index (χ3n) is 4.34. The SMILES string of the molecule is COc1cccc(C(=O)N2CCN(c3ccccc3C)CC2)c1. The highest BCUT2D eigenvalue weighted by Crippen LogP contribution is 2.22. The number of anilines is 1. The van der Waals surface area contributed by atoms with Crippen molar-refractivity contribution in [2.45, 2.75) is 6.92 Å². The number of ether oxygens (including phenoxy) is 1. The van der Waals surface area contributed by atoms with Gasteiger partial charge in [-0.05, 0) is 36.8 Å². The van der Waals surface area contributed by atoms with Gasteiger partial charge in [0.1, 0.15) is 5.75 Å². The summed E-state index contributed by atoms with van der Waals surface area (Å²) >= 11 is 0. The van der Waals surface area contributed by atoms with Gasteiger partial charge in [-0.25, -0.2) is 0 Å². The van der Waals surface area contributed by atoms with Gasteiger partial charge >= 0.3 is 0 Å². The van der Waals surface area contributed by atoms with Crippen LogP contribution in [-0.2, 0) is 0 Å². The van der Waals surface area contributed by atoms with Gasteiger partial charge in [0.25, 0.3) is 5.91 Å². The van der Waals surface area contributed by atoms with E-state index in [1.54, 1.807) is 13.2 Å². The molecule has 1 saturated heterocycles. The van der Waals surface area contributed by atoms with Crippen molar-refractivity contribution in [3.63, 3.8) is 0 Å². The Hall–Kier alpha value is -2.49. The molecule has 0 N–H and O–H groups in total. The number of methoxy groups -OCH3 is 1. The van der Waals surface area contributed by atoms with Gasteiger partial charge in [0.2, 0.25) is 0 Å². The highest BCUT2D eigenvalue weighted by molar-refractivity contribution is 5.94. The Morgan fingerprint density at radius 1 is 1.00 bits per heavy atom. The van der Waals surface area contributed by atoms with Gasteiger partial charge in [-0.1, -0.05) is 24.3 Å². The molecular formula is C19H22N2O2. The maximum atomic E-state index is 12.6. The van der Waals surface area contributed by atoms with Crippen LogP contribution in [0.4, 0.5) is 5.69 Å². The monoisotopic (exact) mass is 310 g/mol. The lowest BCUT2D eigenvalue weighted by atomic mass is 10.1. The van der Waals surface area contributed by atoms with Crippen LogP contribution in [0.25, 0.3) is 0 Å². The Morgan fingerprint density at radius 2 is 1.74 bits per heavy atom. The van der Waals surface area contributed by atoms with Crippen LogP contribution >= 0.6 is 0 Å². The molecule has 1 amide bonds. The van der Waals surface area contributed by atoms with Crippen LogP contribution in [0.2, 0.25) is 0 Å². The number of para-hydroxylation sites is 1. The predicted molar refractivity (Wildman–Crippen MR) is 92.3 cm³/mol. The molecule has 0 aliphatic carbocycles. The van der Waals surface area contributed by atoms with E-state index in [1.165, 1.54) is 11.3 Å². The maximum absolute atomic E-state index is 12.6. The summed E-state index contributed by atoms with van der Waals surface area (Å²) < 4.78 is 5.20. The van der Waals surface area contributed by atoms with Gasteiger partial charge in [0, 0.05) is 37.4 Å². The zero-order chi connectivity index (χ0) is 16.2. The lowest BCUT2D eigenvalue weighted by Crippen LogP contribution is -2.49. The quantitative estimate of drug-likeness (QED) is 0.874. The van der Waals surface area contributed by atoms with E-state index in [9.17, 15) is 4.79 Å². The zero-order valence-corrected chi connectivity index (χ0v) is 13.7. The third-order valence-corrected chi connectivity index (χ3v) is 4.34. The van der Waals surface area contributed by atoms with Crippen LogP contribution in [0.15, 0.2) is 48.5 Å². The molecule has 4 heteroatoms. The summed E-state index contributed by atoms with van der Waals surface area (Å²) in [5, 5.41) is 0. The summed E-state index contributed by atoms with van der Waals surface area (Å²) in [5.41, 5.74) is 3.23. The standard InChI is InChI=1S/C19H22N2O2/c1-15-6-3-4-9-18(15)20-10-12-21(13-11-20)19(22)16-7-5-8-17(14-16)23-2/h3-9,14H,10-13H2,1-2H3. The number of hydrogen-bond acceptors (Lipinski definition) is 3. The maximum Gasteiger partial charge on any atom is 0.254 e. The fraction of sp³-hybridized carbons (Fsp3) is 0.316. The summed E-state index contributed by atoms with van der Waals surface area (Å²) in [7, 11) is 1.62. The fourth-order valence-corrected chi connectivity index (χ4v) is 3.01. The summed E-state index contributed by atoms with van der Waals surface area (Å²) in [4.78, 5) is 16.9. The smallest absolute Gasteiger partial charge is 0.254 e. The molecule has 0 saturated carbocycles. The van der Waals surface area contributed by atoms with Crippen LogP contribution in [0.5, 0.6) is 5.75 Å². The second-order valence-electron chi connectivity index (χ2n) is 5.80. The Labute approximate surface area is 137 Å². The second-order valence-corrected chi connectivity index (χ2v) is 5.80. The molecule has 4 nitrogen and oxygen atoms in total. The third kappa shape index (κ3) is 3.31. The summed E-state index contributed by atoms with van der Waals surface area (Å²) in [5.74, 6) is 0.794. The lowest BCUT2D eigenvalue weighted by Gasteiger charge is -2.36. The van der Waals surface area contributed by atoms with Crippen LogP contribution in [0.1, 0.15) is 15.9 Å². The van der Waals surface area contributed by atoms with Crippen molar-refractivity contribution in [3.05, 3.63) is 59.7 Å². The average molecular weight is 310 g/mol. The van der Waals surface area contributed by atoms with Crippen molar-refractivity contribution in [1.82, 2.24) is 4.90 Å². The van der Waals surface area contributed by atoms with E-state index < -0.39 is 0 Å². The average Bonchev–Trinajstić information content (AvgIpc) is 2.62. The minimum absolute atomic E-state index is 0.0772. The van der Waals surface area contributed by atoms with E-state index in [2.05, 4.69) is 36.1 Å². The molecule has 1 heterocycles. The normalized spacial score (nSPS) is 14.7. The van der Waals surface area contributed by atoms with Gasteiger partial charge in [0.15, 0.2) is 0 Å². The van der Waals surface area contributed by atoms with E-state index >= 15 is 0 Å². The number of nitrogens with zero attached hydrogens (tertiary/aromatic N) is 2. The fourth-order valence-electron chi connectivity index (χ4n) is 3.01. The molecule has 2 aromatic rings. The molecule has 2 aromatic carbocycles. The highest BCUT2D eigenvalue weighted by atomic mass is 16.5. The van der Waals surface area contributed by atoms with Crippen molar-refractivity contribution < 1.29 is 9.53 Å². The molecule has 1 aliphatic heterocycles. The second kappa shape index (κ2) is 6.73. The minimum Gasteiger partial charge on any atom is -0.497 e. The first kappa shape index (κ1) is 15.4. The number of carbonyl (C=O) groups excluding carboxylic acids is 1. The van der Waals surface area contributed by atoms with Crippen LogP contribution < -0.4 is 9.64 Å². The highest BCUT2D eigenvalue weighted by Gasteiger charge is 2.23. The molecule has 0 bridgehead atoms. The summed E-state index contributed by atoms with van der Waals surface area (Å²) in [6, 6.07) is 15.8. The molecule has 0 unspecified atom stereocenters. The van der Waals surface area contributed by atoms with Gasteiger partial charge in [0.05, 0.1) is 7.11 Å². The Bertz CT molecular complexity index is 691. The Morgan fingerprint density at radius 3 is 2.43 bits per heavy atom. The van der Waals surface area contributed by atoms with E-state index in [4.69, 9.17) is 4.74 Å². The molecule has 0 spiro atoms. The lowest BCUT2D eigenvalue weighted by molar-refractivity contribution is 0.0746. The van der Waals surface area contributed by atoms with E-state index in [-0.39, 0.29) is 5.91 Å². The molecular weight excluding hydrogens is 288 g/mol. The van der Waals surface area contributed by atoms with Crippen molar-refractivity contribution in [2.75, 3.05) is 38.2 Å². The number of piperazine rings is 1. The largest absolute Gasteiger partial charge is 0.497 e. The van der Waals surface area contributed by atoms with E-state index in [0.717, 1.165) is 31.9 Å². The molecule has 3 rings (SSSR count). The van der Waals surface area contributed by atoms with E-state index in [1.807, 2.05) is 23.1 Å². The summed E-state index contributed by atoms with van der Waals surface area (Å²) in [6.07, 6.45) is 0. The van der Waals surface area contributed by atoms with Gasteiger partial charge in [-0.2, -0.15) is 0 Å². The molecule has 1 fully saturated rings. The number of benzene rings is 2. The Balaban J connectivity index is 1.66. The number of aryl methyl sites for hydroxylation is 1. The molecule has 120 valence electrons.